The molecule has 1 saturated carbocycles. The first-order valence-corrected chi connectivity index (χ1v) is 17.1. The Morgan fingerprint density at radius 2 is 1.67 bits per heavy atom. The number of carbonyl (C=O) groups is 1. The number of rotatable bonds is 10. The van der Waals surface area contributed by atoms with Gasteiger partial charge in [-0.1, -0.05) is 30.3 Å². The molecule has 3 fully saturated rings. The molecule has 1 aliphatic carbocycles. The summed E-state index contributed by atoms with van der Waals surface area (Å²) in [4.78, 5) is 15.8. The van der Waals surface area contributed by atoms with Crippen LogP contribution in [0.15, 0.2) is 47.4 Å². The molecule has 3 aliphatic rings. The molecule has 2 aromatic rings. The van der Waals surface area contributed by atoms with Crippen molar-refractivity contribution in [1.82, 2.24) is 14.5 Å². The number of morpholine rings is 1. The second kappa shape index (κ2) is 14.5. The standard InChI is InChI=1S/C33H47N3O6S/c1-24-20-30(40-3)21-25(2)33(24)43(38,39)36-15-7-10-29(22-36)42-23-31(37)34-28-13-11-27(12-14-28)32(26-8-5-4-6-9-26)35-16-18-41-19-17-35/h4-6,8-9,20-21,27-29,32H,7,10-19,22-23H2,1-3H3,(H,34,37). The summed E-state index contributed by atoms with van der Waals surface area (Å²) in [5.41, 5.74) is 2.69. The van der Waals surface area contributed by atoms with Gasteiger partial charge in [0.05, 0.1) is 31.3 Å². The fourth-order valence-corrected chi connectivity index (χ4v) is 9.07. The predicted molar refractivity (Wildman–Crippen MR) is 166 cm³/mol. The van der Waals surface area contributed by atoms with E-state index in [0.29, 0.717) is 46.7 Å². The third kappa shape index (κ3) is 7.78. The van der Waals surface area contributed by atoms with Crippen molar-refractivity contribution in [2.75, 3.05) is 53.1 Å². The van der Waals surface area contributed by atoms with Crippen molar-refractivity contribution in [1.29, 1.82) is 0 Å². The molecular formula is C33H47N3O6S. The number of hydrogen-bond donors (Lipinski definition) is 1. The number of amides is 1. The molecule has 0 aromatic heterocycles. The van der Waals surface area contributed by atoms with Gasteiger partial charge >= 0.3 is 0 Å². The van der Waals surface area contributed by atoms with E-state index < -0.39 is 10.0 Å². The molecule has 43 heavy (non-hydrogen) atoms. The molecule has 2 aromatic carbocycles. The monoisotopic (exact) mass is 613 g/mol. The van der Waals surface area contributed by atoms with E-state index in [2.05, 4.69) is 40.5 Å². The van der Waals surface area contributed by atoms with E-state index in [4.69, 9.17) is 14.2 Å². The Labute approximate surface area is 256 Å². The van der Waals surface area contributed by atoms with Crippen molar-refractivity contribution in [2.45, 2.75) is 75.5 Å². The molecule has 2 unspecified atom stereocenters. The number of ether oxygens (including phenoxy) is 3. The van der Waals surface area contributed by atoms with Gasteiger partial charge in [0.25, 0.3) is 0 Å². The number of benzene rings is 2. The molecule has 0 bridgehead atoms. The van der Waals surface area contributed by atoms with Crippen LogP contribution in [0, 0.1) is 19.8 Å². The van der Waals surface area contributed by atoms with Crippen LogP contribution in [0.1, 0.15) is 61.3 Å². The minimum Gasteiger partial charge on any atom is -0.497 e. The van der Waals surface area contributed by atoms with E-state index >= 15 is 0 Å². The van der Waals surface area contributed by atoms with Gasteiger partial charge in [0.2, 0.25) is 15.9 Å². The lowest BCUT2D eigenvalue weighted by Crippen LogP contribution is -2.46. The lowest BCUT2D eigenvalue weighted by Gasteiger charge is -2.42. The highest BCUT2D eigenvalue weighted by Gasteiger charge is 2.35. The number of carbonyl (C=O) groups excluding carboxylic acids is 1. The molecule has 1 amide bonds. The van der Waals surface area contributed by atoms with Crippen molar-refractivity contribution in [3.05, 3.63) is 59.2 Å². The third-order valence-corrected chi connectivity index (χ3v) is 11.4. The summed E-state index contributed by atoms with van der Waals surface area (Å²) in [6.45, 7) is 7.68. The van der Waals surface area contributed by atoms with Crippen molar-refractivity contribution in [2.24, 2.45) is 5.92 Å². The van der Waals surface area contributed by atoms with E-state index in [1.807, 2.05) is 0 Å². The summed E-state index contributed by atoms with van der Waals surface area (Å²) in [6, 6.07) is 14.8. The van der Waals surface area contributed by atoms with E-state index in [1.165, 1.54) is 9.87 Å². The third-order valence-electron chi connectivity index (χ3n) is 9.22. The van der Waals surface area contributed by atoms with Crippen LogP contribution < -0.4 is 10.1 Å². The van der Waals surface area contributed by atoms with E-state index in [1.54, 1.807) is 33.1 Å². The van der Waals surface area contributed by atoms with E-state index in [0.717, 1.165) is 58.4 Å². The number of methoxy groups -OCH3 is 1. The Hall–Kier alpha value is -2.50. The van der Waals surface area contributed by atoms with Crippen LogP contribution in [0.4, 0.5) is 0 Å². The fourth-order valence-electron chi connectivity index (χ4n) is 7.15. The van der Waals surface area contributed by atoms with Gasteiger partial charge in [0, 0.05) is 38.3 Å². The normalized spacial score (nSPS) is 24.8. The SMILES string of the molecule is COc1cc(C)c(S(=O)(=O)N2CCCC(OCC(=O)NC3CCC(C(c4ccccc4)N4CCOCC4)CC3)C2)c(C)c1. The van der Waals surface area contributed by atoms with Crippen molar-refractivity contribution in [3.8, 4) is 5.75 Å². The first kappa shape index (κ1) is 31.9. The van der Waals surface area contributed by atoms with Gasteiger partial charge in [-0.05, 0) is 87.1 Å². The van der Waals surface area contributed by atoms with Gasteiger partial charge in [-0.25, -0.2) is 8.42 Å². The van der Waals surface area contributed by atoms with Crippen LogP contribution in [0.3, 0.4) is 0 Å². The largest absolute Gasteiger partial charge is 0.497 e. The zero-order valence-electron chi connectivity index (χ0n) is 25.8. The summed E-state index contributed by atoms with van der Waals surface area (Å²) in [5, 5.41) is 3.19. The Kier molecular flexibility index (Phi) is 10.8. The summed E-state index contributed by atoms with van der Waals surface area (Å²) in [6.07, 6.45) is 5.11. The molecule has 236 valence electrons. The lowest BCUT2D eigenvalue weighted by atomic mass is 9.78. The molecule has 0 spiro atoms. The molecule has 1 N–H and O–H groups in total. The highest BCUT2D eigenvalue weighted by Crippen LogP contribution is 2.39. The van der Waals surface area contributed by atoms with Crippen LogP contribution in [0.25, 0.3) is 0 Å². The highest BCUT2D eigenvalue weighted by molar-refractivity contribution is 7.89. The minimum atomic E-state index is -3.70. The molecule has 2 heterocycles. The number of piperidine rings is 1. The minimum absolute atomic E-state index is 0.0561. The second-order valence-electron chi connectivity index (χ2n) is 12.2. The molecule has 0 radical (unpaired) electrons. The zero-order chi connectivity index (χ0) is 30.4. The van der Waals surface area contributed by atoms with Crippen molar-refractivity contribution < 1.29 is 27.4 Å². The first-order chi connectivity index (χ1) is 20.8. The Morgan fingerprint density at radius 1 is 1.00 bits per heavy atom. The smallest absolute Gasteiger partial charge is 0.246 e. The maximum Gasteiger partial charge on any atom is 0.246 e. The van der Waals surface area contributed by atoms with Gasteiger partial charge in [0.15, 0.2) is 0 Å². The zero-order valence-corrected chi connectivity index (χ0v) is 26.6. The predicted octanol–water partition coefficient (Wildman–Crippen LogP) is 4.23. The van der Waals surface area contributed by atoms with E-state index in [-0.39, 0.29) is 31.2 Å². The molecule has 2 aliphatic heterocycles. The quantitative estimate of drug-likeness (QED) is 0.429. The van der Waals surface area contributed by atoms with Gasteiger partial charge in [0.1, 0.15) is 12.4 Å². The van der Waals surface area contributed by atoms with Crippen LogP contribution in [0.2, 0.25) is 0 Å². The first-order valence-electron chi connectivity index (χ1n) is 15.7. The number of nitrogens with one attached hydrogen (secondary N) is 1. The van der Waals surface area contributed by atoms with Gasteiger partial charge in [-0.15, -0.1) is 0 Å². The Bertz CT molecular complexity index is 1300. The van der Waals surface area contributed by atoms with Gasteiger partial charge < -0.3 is 19.5 Å². The average molecular weight is 614 g/mol. The number of aryl methyl sites for hydroxylation is 2. The molecule has 2 saturated heterocycles. The summed E-state index contributed by atoms with van der Waals surface area (Å²) >= 11 is 0. The summed E-state index contributed by atoms with van der Waals surface area (Å²) in [5.74, 6) is 1.05. The lowest BCUT2D eigenvalue weighted by molar-refractivity contribution is -0.129. The maximum absolute atomic E-state index is 13.6. The number of hydrogen-bond acceptors (Lipinski definition) is 7. The molecule has 5 rings (SSSR count). The molecule has 2 atom stereocenters. The summed E-state index contributed by atoms with van der Waals surface area (Å²) < 4.78 is 45.6. The highest BCUT2D eigenvalue weighted by atomic mass is 32.2. The van der Waals surface area contributed by atoms with Crippen LogP contribution in [0.5, 0.6) is 5.75 Å². The van der Waals surface area contributed by atoms with Crippen molar-refractivity contribution >= 4 is 15.9 Å². The maximum atomic E-state index is 13.6. The fraction of sp³-hybridized carbons (Fsp3) is 0.606. The molecular weight excluding hydrogens is 566 g/mol. The average Bonchev–Trinajstić information content (AvgIpc) is 3.02. The van der Waals surface area contributed by atoms with Crippen molar-refractivity contribution in [3.63, 3.8) is 0 Å². The van der Waals surface area contributed by atoms with Crippen LogP contribution in [-0.2, 0) is 24.3 Å². The van der Waals surface area contributed by atoms with Crippen LogP contribution in [-0.4, -0.2) is 88.8 Å². The van der Waals surface area contributed by atoms with Crippen LogP contribution >= 0.6 is 0 Å². The number of sulfonamides is 1. The van der Waals surface area contributed by atoms with E-state index in [9.17, 15) is 13.2 Å². The number of nitrogens with zero attached hydrogens (tertiary/aromatic N) is 2. The van der Waals surface area contributed by atoms with Gasteiger partial charge in [-0.2, -0.15) is 4.31 Å². The Balaban J connectivity index is 1.11. The molecule has 9 nitrogen and oxygen atoms in total. The second-order valence-corrected chi connectivity index (χ2v) is 14.1. The van der Waals surface area contributed by atoms with Gasteiger partial charge in [-0.3, -0.25) is 9.69 Å². The Morgan fingerprint density at radius 3 is 2.33 bits per heavy atom. The topological polar surface area (TPSA) is 97.4 Å². The molecule has 10 heteroatoms. The summed E-state index contributed by atoms with van der Waals surface area (Å²) in [7, 11) is -2.12.